The van der Waals surface area contributed by atoms with Crippen LogP contribution in [-0.2, 0) is 4.74 Å². The number of aromatic amines is 1. The second-order valence-corrected chi connectivity index (χ2v) is 9.65. The number of aromatic nitrogens is 4. The van der Waals surface area contributed by atoms with Crippen molar-refractivity contribution in [3.05, 3.63) is 59.6 Å². The van der Waals surface area contributed by atoms with Crippen LogP contribution in [0.2, 0.25) is 0 Å². The van der Waals surface area contributed by atoms with E-state index in [0.717, 1.165) is 39.7 Å². The molecule has 1 aliphatic rings. The van der Waals surface area contributed by atoms with Crippen LogP contribution in [0.5, 0.6) is 5.88 Å². The maximum atomic E-state index is 12.4. The number of nitrogens with zero attached hydrogens (tertiary/aromatic N) is 4. The van der Waals surface area contributed by atoms with Gasteiger partial charge < -0.3 is 29.1 Å². The summed E-state index contributed by atoms with van der Waals surface area (Å²) in [6.07, 6.45) is 2.59. The Morgan fingerprint density at radius 3 is 2.76 bits per heavy atom. The zero-order valence-corrected chi connectivity index (χ0v) is 21.7. The van der Waals surface area contributed by atoms with Crippen LogP contribution < -0.4 is 10.1 Å². The minimum Gasteiger partial charge on any atom is -0.471 e. The highest BCUT2D eigenvalue weighted by Gasteiger charge is 2.23. The van der Waals surface area contributed by atoms with Gasteiger partial charge in [-0.1, -0.05) is 6.07 Å². The molecule has 0 unspecified atom stereocenters. The first-order chi connectivity index (χ1) is 18.4. The Morgan fingerprint density at radius 2 is 2.00 bits per heavy atom. The summed E-state index contributed by atoms with van der Waals surface area (Å²) in [5, 5.41) is 4.08. The maximum Gasteiger partial charge on any atom is 0.253 e. The molecule has 0 radical (unpaired) electrons. The van der Waals surface area contributed by atoms with Gasteiger partial charge in [-0.2, -0.15) is 9.97 Å². The number of hydrogen-bond donors (Lipinski definition) is 2. The largest absolute Gasteiger partial charge is 0.471 e. The molecular formula is C28H28N6O4. The van der Waals surface area contributed by atoms with Crippen LogP contribution in [0, 0.1) is 13.8 Å². The number of anilines is 2. The van der Waals surface area contributed by atoms with E-state index in [1.54, 1.807) is 25.1 Å². The average molecular weight is 513 g/mol. The van der Waals surface area contributed by atoms with Gasteiger partial charge in [0.15, 0.2) is 11.5 Å². The van der Waals surface area contributed by atoms with Crippen molar-refractivity contribution in [1.82, 2.24) is 24.8 Å². The summed E-state index contributed by atoms with van der Waals surface area (Å²) in [7, 11) is 3.47. The molecule has 10 nitrogen and oxygen atoms in total. The van der Waals surface area contributed by atoms with E-state index < -0.39 is 0 Å². The number of rotatable bonds is 6. The van der Waals surface area contributed by atoms with Crippen molar-refractivity contribution in [1.29, 1.82) is 0 Å². The molecule has 3 aromatic heterocycles. The second-order valence-electron chi connectivity index (χ2n) is 9.65. The summed E-state index contributed by atoms with van der Waals surface area (Å²) in [5.74, 6) is 1.42. The first-order valence-corrected chi connectivity index (χ1v) is 12.5. The molecule has 38 heavy (non-hydrogen) atoms. The molecule has 0 spiro atoms. The van der Waals surface area contributed by atoms with E-state index in [0.29, 0.717) is 47.7 Å². The standard InChI is InChI=1S/C28H28N6O4/c1-15-11-18(27(35)34(3)4)6-7-21(15)31-28-32-25-24(26(33-28)38-19-9-10-36-14-19)20(13-29-25)17-5-8-22-23(12-17)37-16(2)30-22/h5-8,11-13,19H,9-10,14H2,1-4H3,(H2,29,31,32,33)/t19-/m1/s1. The quantitative estimate of drug-likeness (QED) is 0.326. The molecule has 1 saturated heterocycles. The number of nitrogens with one attached hydrogen (secondary N) is 2. The van der Waals surface area contributed by atoms with Crippen LogP contribution in [0.25, 0.3) is 33.3 Å². The van der Waals surface area contributed by atoms with Crippen LogP contribution in [-0.4, -0.2) is 64.2 Å². The molecule has 0 aliphatic carbocycles. The average Bonchev–Trinajstić information content (AvgIpc) is 3.63. The minimum atomic E-state index is -0.0961. The number of benzene rings is 2. The van der Waals surface area contributed by atoms with Gasteiger partial charge in [-0.3, -0.25) is 4.79 Å². The van der Waals surface area contributed by atoms with Gasteiger partial charge in [-0.25, -0.2) is 4.98 Å². The molecule has 1 aliphatic heterocycles. The Morgan fingerprint density at radius 1 is 1.13 bits per heavy atom. The highest BCUT2D eigenvalue weighted by atomic mass is 16.5. The Kier molecular flexibility index (Phi) is 5.96. The van der Waals surface area contributed by atoms with Gasteiger partial charge in [-0.15, -0.1) is 0 Å². The highest BCUT2D eigenvalue weighted by molar-refractivity contribution is 5.99. The molecule has 4 heterocycles. The number of carbonyl (C=O) groups is 1. The number of oxazole rings is 1. The van der Waals surface area contributed by atoms with Crippen molar-refractivity contribution in [2.75, 3.05) is 32.6 Å². The lowest BCUT2D eigenvalue weighted by Gasteiger charge is -2.15. The Bertz CT molecular complexity index is 1670. The lowest BCUT2D eigenvalue weighted by molar-refractivity contribution is 0.0827. The number of fused-ring (bicyclic) bond motifs is 2. The number of ether oxygens (including phenoxy) is 2. The van der Waals surface area contributed by atoms with Gasteiger partial charge in [0.05, 0.1) is 18.6 Å². The summed E-state index contributed by atoms with van der Waals surface area (Å²) in [5.41, 5.74) is 6.32. The van der Waals surface area contributed by atoms with E-state index in [2.05, 4.69) is 15.3 Å². The fourth-order valence-electron chi connectivity index (χ4n) is 4.66. The van der Waals surface area contributed by atoms with E-state index >= 15 is 0 Å². The Hall–Kier alpha value is -4.44. The van der Waals surface area contributed by atoms with Gasteiger partial charge >= 0.3 is 0 Å². The molecule has 0 saturated carbocycles. The Balaban J connectivity index is 1.40. The molecule has 0 bridgehead atoms. The predicted octanol–water partition coefficient (Wildman–Crippen LogP) is 5.00. The van der Waals surface area contributed by atoms with Crippen molar-refractivity contribution in [2.24, 2.45) is 0 Å². The lowest BCUT2D eigenvalue weighted by Crippen LogP contribution is -2.21. The van der Waals surface area contributed by atoms with Crippen LogP contribution in [0.15, 0.2) is 47.0 Å². The van der Waals surface area contributed by atoms with Crippen molar-refractivity contribution in [2.45, 2.75) is 26.4 Å². The normalized spacial score (nSPS) is 15.3. The van der Waals surface area contributed by atoms with E-state index in [-0.39, 0.29) is 12.0 Å². The van der Waals surface area contributed by atoms with Gasteiger partial charge in [-0.05, 0) is 48.4 Å². The lowest BCUT2D eigenvalue weighted by atomic mass is 10.1. The maximum absolute atomic E-state index is 12.4. The van der Waals surface area contributed by atoms with E-state index in [4.69, 9.17) is 23.9 Å². The number of hydrogen-bond acceptors (Lipinski definition) is 8. The van der Waals surface area contributed by atoms with Crippen molar-refractivity contribution in [3.8, 4) is 17.0 Å². The second kappa shape index (κ2) is 9.46. The van der Waals surface area contributed by atoms with Gasteiger partial charge in [0, 0.05) is 50.5 Å². The molecule has 1 atom stereocenters. The zero-order chi connectivity index (χ0) is 26.4. The molecule has 2 N–H and O–H groups in total. The number of H-pyrrole nitrogens is 1. The van der Waals surface area contributed by atoms with Gasteiger partial charge in [0.2, 0.25) is 11.8 Å². The predicted molar refractivity (Wildman–Crippen MR) is 144 cm³/mol. The number of amides is 1. The summed E-state index contributed by atoms with van der Waals surface area (Å²) < 4.78 is 17.7. The monoisotopic (exact) mass is 512 g/mol. The third kappa shape index (κ3) is 4.43. The van der Waals surface area contributed by atoms with Crippen LogP contribution in [0.1, 0.15) is 28.2 Å². The Labute approximate surface area is 219 Å². The molecule has 2 aromatic carbocycles. The van der Waals surface area contributed by atoms with Crippen molar-refractivity contribution < 1.29 is 18.7 Å². The van der Waals surface area contributed by atoms with Crippen molar-refractivity contribution >= 4 is 39.7 Å². The number of aryl methyl sites for hydroxylation is 2. The first kappa shape index (κ1) is 23.9. The van der Waals surface area contributed by atoms with Gasteiger partial charge in [0.1, 0.15) is 17.3 Å². The van der Waals surface area contributed by atoms with Crippen LogP contribution >= 0.6 is 0 Å². The van der Waals surface area contributed by atoms with Crippen LogP contribution in [0.3, 0.4) is 0 Å². The van der Waals surface area contributed by atoms with Gasteiger partial charge in [0.25, 0.3) is 5.91 Å². The molecule has 194 valence electrons. The molecular weight excluding hydrogens is 484 g/mol. The first-order valence-electron chi connectivity index (χ1n) is 12.5. The summed E-state index contributed by atoms with van der Waals surface area (Å²) >= 11 is 0. The van der Waals surface area contributed by atoms with E-state index in [1.807, 2.05) is 50.4 Å². The number of carbonyl (C=O) groups excluding carboxylic acids is 1. The van der Waals surface area contributed by atoms with Crippen molar-refractivity contribution in [3.63, 3.8) is 0 Å². The van der Waals surface area contributed by atoms with Crippen LogP contribution in [0.4, 0.5) is 11.6 Å². The minimum absolute atomic E-state index is 0.0515. The smallest absolute Gasteiger partial charge is 0.253 e. The zero-order valence-electron chi connectivity index (χ0n) is 21.7. The summed E-state index contributed by atoms with van der Waals surface area (Å²) in [6, 6.07) is 11.4. The fraction of sp³-hybridized carbons (Fsp3) is 0.286. The highest BCUT2D eigenvalue weighted by Crippen LogP contribution is 2.37. The third-order valence-corrected chi connectivity index (χ3v) is 6.60. The molecule has 6 rings (SSSR count). The molecule has 10 heteroatoms. The van der Waals surface area contributed by atoms with E-state index in [9.17, 15) is 4.79 Å². The molecule has 1 amide bonds. The fourth-order valence-corrected chi connectivity index (χ4v) is 4.66. The molecule has 1 fully saturated rings. The topological polar surface area (TPSA) is 118 Å². The third-order valence-electron chi connectivity index (χ3n) is 6.60. The molecule has 5 aromatic rings. The SMILES string of the molecule is Cc1nc2ccc(-c3c[nH]c4nc(Nc5ccc(C(=O)N(C)C)cc5C)nc(O[C@@H]5CCOC5)c34)cc2o1. The van der Waals surface area contributed by atoms with E-state index in [1.165, 1.54) is 0 Å². The summed E-state index contributed by atoms with van der Waals surface area (Å²) in [6.45, 7) is 4.94. The summed E-state index contributed by atoms with van der Waals surface area (Å²) in [4.78, 5) is 31.1.